The van der Waals surface area contributed by atoms with Gasteiger partial charge >= 0.3 is 0 Å². The van der Waals surface area contributed by atoms with E-state index in [2.05, 4.69) is 55.6 Å². The van der Waals surface area contributed by atoms with Crippen molar-refractivity contribution in [1.82, 2.24) is 0 Å². The molecular formula is C31H19ClO2. The fourth-order valence-electron chi connectivity index (χ4n) is 5.92. The van der Waals surface area contributed by atoms with Crippen LogP contribution < -0.4 is 9.47 Å². The van der Waals surface area contributed by atoms with Gasteiger partial charge in [-0.05, 0) is 80.9 Å². The molecule has 0 radical (unpaired) electrons. The number of benzene rings is 4. The van der Waals surface area contributed by atoms with Crippen LogP contribution in [0.2, 0.25) is 5.02 Å². The zero-order valence-corrected chi connectivity index (χ0v) is 19.0. The number of hydrogen-bond acceptors (Lipinski definition) is 2. The Balaban J connectivity index is 1.60. The van der Waals surface area contributed by atoms with Crippen LogP contribution >= 0.6 is 11.6 Å². The van der Waals surface area contributed by atoms with E-state index in [1.165, 1.54) is 16.7 Å². The van der Waals surface area contributed by atoms with Gasteiger partial charge in [0.15, 0.2) is 23.0 Å². The molecule has 34 heavy (non-hydrogen) atoms. The van der Waals surface area contributed by atoms with Crippen molar-refractivity contribution in [3.05, 3.63) is 137 Å². The number of ether oxygens (including phenoxy) is 2. The molecule has 2 aliphatic carbocycles. The highest BCUT2D eigenvalue weighted by atomic mass is 35.5. The maximum atomic E-state index is 6.52. The normalized spacial score (nSPS) is 18.3. The highest BCUT2D eigenvalue weighted by Gasteiger charge is 2.52. The Labute approximate surface area is 203 Å². The van der Waals surface area contributed by atoms with Gasteiger partial charge in [-0.1, -0.05) is 79.4 Å². The number of rotatable bonds is 2. The fraction of sp³-hybridized carbons (Fsp3) is 0.0323. The molecule has 2 nitrogen and oxygen atoms in total. The molecule has 0 amide bonds. The standard InChI is InChI=1S/C31H19ClO2/c1-3-19-20-9-5-6-10-24(20)31(23(19)4-2)25-14-13-18(32)15-21(25)22-16-29-30(17-26(22)31)34-28-12-8-7-11-27(28)33-29/h3-17H,1-2H2. The van der Waals surface area contributed by atoms with Crippen molar-refractivity contribution in [2.24, 2.45) is 0 Å². The third-order valence-electron chi connectivity index (χ3n) is 7.18. The number of para-hydroxylation sites is 2. The molecule has 0 saturated carbocycles. The summed E-state index contributed by atoms with van der Waals surface area (Å²) in [4.78, 5) is 0. The summed E-state index contributed by atoms with van der Waals surface area (Å²) in [6.45, 7) is 8.38. The summed E-state index contributed by atoms with van der Waals surface area (Å²) in [5.41, 5.74) is 8.53. The third-order valence-corrected chi connectivity index (χ3v) is 7.41. The molecule has 0 bridgehead atoms. The minimum absolute atomic E-state index is 0.535. The average molecular weight is 459 g/mol. The predicted octanol–water partition coefficient (Wildman–Crippen LogP) is 8.69. The molecule has 1 heterocycles. The van der Waals surface area contributed by atoms with E-state index in [0.717, 1.165) is 27.8 Å². The molecule has 0 aromatic heterocycles. The summed E-state index contributed by atoms with van der Waals surface area (Å²) in [6.07, 6.45) is 3.91. The maximum Gasteiger partial charge on any atom is 0.170 e. The number of fused-ring (bicyclic) bond motifs is 9. The summed E-state index contributed by atoms with van der Waals surface area (Å²) >= 11 is 6.52. The lowest BCUT2D eigenvalue weighted by Crippen LogP contribution is -2.26. The summed E-state index contributed by atoms with van der Waals surface area (Å²) in [6, 6.07) is 26.6. The first-order valence-electron chi connectivity index (χ1n) is 11.2. The third kappa shape index (κ3) is 2.26. The summed E-state index contributed by atoms with van der Waals surface area (Å²) in [5.74, 6) is 2.81. The Hall–Kier alpha value is -4.01. The smallest absolute Gasteiger partial charge is 0.170 e. The fourth-order valence-corrected chi connectivity index (χ4v) is 6.09. The Morgan fingerprint density at radius 3 is 2.00 bits per heavy atom. The predicted molar refractivity (Wildman–Crippen MR) is 137 cm³/mol. The molecule has 4 aromatic rings. The summed E-state index contributed by atoms with van der Waals surface area (Å²) in [7, 11) is 0. The van der Waals surface area contributed by atoms with Crippen molar-refractivity contribution in [3.8, 4) is 34.1 Å². The van der Waals surface area contributed by atoms with Gasteiger partial charge in [0.2, 0.25) is 0 Å². The maximum absolute atomic E-state index is 6.52. The summed E-state index contributed by atoms with van der Waals surface area (Å²) in [5, 5.41) is 0.696. The van der Waals surface area contributed by atoms with Crippen LogP contribution in [0.3, 0.4) is 0 Å². The van der Waals surface area contributed by atoms with Crippen LogP contribution in [-0.4, -0.2) is 0 Å². The Kier molecular flexibility index (Phi) is 3.87. The van der Waals surface area contributed by atoms with Crippen LogP contribution in [-0.2, 0) is 5.41 Å². The van der Waals surface area contributed by atoms with Crippen molar-refractivity contribution in [2.75, 3.05) is 0 Å². The van der Waals surface area contributed by atoms with Crippen LogP contribution in [0.15, 0.2) is 110 Å². The van der Waals surface area contributed by atoms with E-state index in [0.29, 0.717) is 28.0 Å². The minimum Gasteiger partial charge on any atom is -0.450 e. The molecule has 1 atom stereocenters. The Bertz CT molecular complexity index is 1610. The first kappa shape index (κ1) is 19.5. The molecule has 4 aromatic carbocycles. The Morgan fingerprint density at radius 1 is 0.618 bits per heavy atom. The van der Waals surface area contributed by atoms with Crippen molar-refractivity contribution in [3.63, 3.8) is 0 Å². The van der Waals surface area contributed by atoms with E-state index >= 15 is 0 Å². The molecule has 3 heteroatoms. The molecule has 3 aliphatic rings. The van der Waals surface area contributed by atoms with Crippen LogP contribution in [0.25, 0.3) is 16.7 Å². The van der Waals surface area contributed by atoms with Crippen molar-refractivity contribution < 1.29 is 9.47 Å². The molecule has 7 rings (SSSR count). The van der Waals surface area contributed by atoms with Gasteiger partial charge in [-0.3, -0.25) is 0 Å². The van der Waals surface area contributed by atoms with Gasteiger partial charge in [0.25, 0.3) is 0 Å². The molecule has 0 saturated heterocycles. The second kappa shape index (κ2) is 6.75. The van der Waals surface area contributed by atoms with E-state index in [1.54, 1.807) is 0 Å². The van der Waals surface area contributed by atoms with Gasteiger partial charge in [0, 0.05) is 5.02 Å². The van der Waals surface area contributed by atoms with E-state index in [1.807, 2.05) is 48.6 Å². The molecule has 162 valence electrons. The van der Waals surface area contributed by atoms with Gasteiger partial charge in [0.1, 0.15) is 0 Å². The summed E-state index contributed by atoms with van der Waals surface area (Å²) < 4.78 is 12.6. The SMILES string of the molecule is C=CC1=C(C=C)C2(c3ccccc31)c1ccc(Cl)cc1-c1cc3c(cc12)Oc1ccccc1O3. The highest BCUT2D eigenvalue weighted by Crippen LogP contribution is 2.64. The van der Waals surface area contributed by atoms with E-state index in [-0.39, 0.29) is 0 Å². The van der Waals surface area contributed by atoms with Crippen molar-refractivity contribution in [2.45, 2.75) is 5.41 Å². The largest absolute Gasteiger partial charge is 0.450 e. The zero-order valence-electron chi connectivity index (χ0n) is 18.3. The number of allylic oxidation sites excluding steroid dienone is 4. The minimum atomic E-state index is -0.535. The zero-order chi connectivity index (χ0) is 23.0. The van der Waals surface area contributed by atoms with Gasteiger partial charge in [-0.25, -0.2) is 0 Å². The monoisotopic (exact) mass is 458 g/mol. The Morgan fingerprint density at radius 2 is 1.26 bits per heavy atom. The van der Waals surface area contributed by atoms with E-state index in [4.69, 9.17) is 21.1 Å². The highest BCUT2D eigenvalue weighted by molar-refractivity contribution is 6.31. The average Bonchev–Trinajstić information content (AvgIpc) is 3.31. The second-order valence-electron chi connectivity index (χ2n) is 8.72. The first-order valence-corrected chi connectivity index (χ1v) is 11.6. The van der Waals surface area contributed by atoms with E-state index in [9.17, 15) is 0 Å². The lowest BCUT2D eigenvalue weighted by Gasteiger charge is -2.32. The van der Waals surface area contributed by atoms with Gasteiger partial charge in [-0.2, -0.15) is 0 Å². The van der Waals surface area contributed by atoms with Crippen molar-refractivity contribution in [1.29, 1.82) is 0 Å². The molecule has 1 spiro atoms. The second-order valence-corrected chi connectivity index (χ2v) is 9.15. The van der Waals surface area contributed by atoms with Crippen LogP contribution in [0.5, 0.6) is 23.0 Å². The van der Waals surface area contributed by atoms with Crippen LogP contribution in [0.4, 0.5) is 0 Å². The number of hydrogen-bond donors (Lipinski definition) is 0. The molecule has 0 N–H and O–H groups in total. The lowest BCUT2D eigenvalue weighted by molar-refractivity contribution is 0.359. The molecule has 1 aliphatic heterocycles. The van der Waals surface area contributed by atoms with Gasteiger partial charge in [0.05, 0.1) is 5.41 Å². The number of halogens is 1. The quantitative estimate of drug-likeness (QED) is 0.263. The topological polar surface area (TPSA) is 18.5 Å². The molecule has 0 fully saturated rings. The lowest BCUT2D eigenvalue weighted by atomic mass is 9.69. The first-order chi connectivity index (χ1) is 16.7. The van der Waals surface area contributed by atoms with Crippen LogP contribution in [0.1, 0.15) is 22.3 Å². The van der Waals surface area contributed by atoms with Gasteiger partial charge < -0.3 is 9.47 Å². The molecular weight excluding hydrogens is 440 g/mol. The van der Waals surface area contributed by atoms with Crippen molar-refractivity contribution >= 4 is 17.2 Å². The van der Waals surface area contributed by atoms with Crippen LogP contribution in [0, 0.1) is 0 Å². The molecule has 1 unspecified atom stereocenters. The van der Waals surface area contributed by atoms with Gasteiger partial charge in [-0.15, -0.1) is 0 Å². The van der Waals surface area contributed by atoms with E-state index < -0.39 is 5.41 Å².